The average molecular weight is 284 g/mol. The van der Waals surface area contributed by atoms with Crippen LogP contribution in [-0.4, -0.2) is 12.6 Å². The van der Waals surface area contributed by atoms with Crippen LogP contribution in [0.4, 0.5) is 18.9 Å². The summed E-state index contributed by atoms with van der Waals surface area (Å²) >= 11 is 0. The Bertz CT molecular complexity index is 489. The number of rotatable bonds is 5. The first kappa shape index (κ1) is 16.4. The predicted molar refractivity (Wildman–Crippen MR) is 73.5 cm³/mol. The van der Waals surface area contributed by atoms with Gasteiger partial charge < -0.3 is 4.90 Å². The van der Waals surface area contributed by atoms with E-state index in [1.54, 1.807) is 12.1 Å². The SMILES string of the molecule is CCCN(c1ccc(C#N)c(C(F)(F)F)c1)[C@H](C)CC. The third-order valence-electron chi connectivity index (χ3n) is 3.35. The molecule has 0 radical (unpaired) electrons. The van der Waals surface area contributed by atoms with Crippen molar-refractivity contribution in [2.45, 2.75) is 45.8 Å². The summed E-state index contributed by atoms with van der Waals surface area (Å²) < 4.78 is 38.9. The number of alkyl halides is 3. The minimum Gasteiger partial charge on any atom is -0.369 e. The van der Waals surface area contributed by atoms with Crippen LogP contribution in [0.25, 0.3) is 0 Å². The Hall–Kier alpha value is -1.70. The molecule has 5 heteroatoms. The lowest BCUT2D eigenvalue weighted by molar-refractivity contribution is -0.137. The molecule has 0 fully saturated rings. The van der Waals surface area contributed by atoms with Crippen molar-refractivity contribution in [1.29, 1.82) is 5.26 Å². The van der Waals surface area contributed by atoms with Gasteiger partial charge in [0.25, 0.3) is 0 Å². The van der Waals surface area contributed by atoms with Crippen LogP contribution in [0.2, 0.25) is 0 Å². The van der Waals surface area contributed by atoms with Crippen LogP contribution in [0, 0.1) is 11.3 Å². The summed E-state index contributed by atoms with van der Waals surface area (Å²) in [7, 11) is 0. The van der Waals surface area contributed by atoms with Crippen molar-refractivity contribution in [2.24, 2.45) is 0 Å². The van der Waals surface area contributed by atoms with Gasteiger partial charge in [0, 0.05) is 18.3 Å². The zero-order chi connectivity index (χ0) is 15.3. The van der Waals surface area contributed by atoms with E-state index in [9.17, 15) is 13.2 Å². The Labute approximate surface area is 117 Å². The summed E-state index contributed by atoms with van der Waals surface area (Å²) in [6.07, 6.45) is -2.80. The zero-order valence-corrected chi connectivity index (χ0v) is 12.0. The van der Waals surface area contributed by atoms with Gasteiger partial charge in [-0.15, -0.1) is 0 Å². The summed E-state index contributed by atoms with van der Waals surface area (Å²) in [5.74, 6) is 0. The van der Waals surface area contributed by atoms with E-state index < -0.39 is 11.7 Å². The first-order chi connectivity index (χ1) is 9.35. The molecular formula is C15H19F3N2. The molecule has 0 aromatic heterocycles. The van der Waals surface area contributed by atoms with E-state index in [0.29, 0.717) is 12.2 Å². The highest BCUT2D eigenvalue weighted by molar-refractivity contribution is 5.55. The maximum atomic E-state index is 13.0. The molecule has 20 heavy (non-hydrogen) atoms. The first-order valence-electron chi connectivity index (χ1n) is 6.73. The summed E-state index contributed by atoms with van der Waals surface area (Å²) in [5.41, 5.74) is -0.670. The van der Waals surface area contributed by atoms with Crippen molar-refractivity contribution in [1.82, 2.24) is 0 Å². The fourth-order valence-corrected chi connectivity index (χ4v) is 2.11. The van der Waals surface area contributed by atoms with Gasteiger partial charge in [-0.05, 0) is 38.0 Å². The molecule has 0 saturated heterocycles. The van der Waals surface area contributed by atoms with Crippen LogP contribution in [0.15, 0.2) is 18.2 Å². The highest BCUT2D eigenvalue weighted by Gasteiger charge is 2.34. The molecule has 0 aliphatic heterocycles. The minimum absolute atomic E-state index is 0.156. The fourth-order valence-electron chi connectivity index (χ4n) is 2.11. The molecule has 0 aliphatic carbocycles. The first-order valence-corrected chi connectivity index (χ1v) is 6.73. The molecule has 0 bridgehead atoms. The zero-order valence-electron chi connectivity index (χ0n) is 12.0. The van der Waals surface area contributed by atoms with Gasteiger partial charge in [0.05, 0.1) is 17.2 Å². The van der Waals surface area contributed by atoms with E-state index in [4.69, 9.17) is 5.26 Å². The van der Waals surface area contributed by atoms with E-state index in [0.717, 1.165) is 18.9 Å². The summed E-state index contributed by atoms with van der Waals surface area (Å²) in [6.45, 7) is 6.67. The van der Waals surface area contributed by atoms with Crippen LogP contribution in [0.3, 0.4) is 0 Å². The van der Waals surface area contributed by atoms with Crippen LogP contribution < -0.4 is 4.90 Å². The molecule has 110 valence electrons. The smallest absolute Gasteiger partial charge is 0.369 e. The molecule has 0 unspecified atom stereocenters. The molecule has 1 aromatic rings. The van der Waals surface area contributed by atoms with Crippen LogP contribution in [0.5, 0.6) is 0 Å². The molecule has 0 amide bonds. The molecule has 2 nitrogen and oxygen atoms in total. The maximum absolute atomic E-state index is 13.0. The largest absolute Gasteiger partial charge is 0.417 e. The topological polar surface area (TPSA) is 27.0 Å². The number of benzene rings is 1. The normalized spacial score (nSPS) is 12.8. The number of hydrogen-bond acceptors (Lipinski definition) is 2. The lowest BCUT2D eigenvalue weighted by atomic mass is 10.1. The number of nitriles is 1. The van der Waals surface area contributed by atoms with Gasteiger partial charge >= 0.3 is 6.18 Å². The number of anilines is 1. The van der Waals surface area contributed by atoms with Crippen molar-refractivity contribution in [3.63, 3.8) is 0 Å². The monoisotopic (exact) mass is 284 g/mol. The summed E-state index contributed by atoms with van der Waals surface area (Å²) in [6, 6.07) is 5.69. The summed E-state index contributed by atoms with van der Waals surface area (Å²) in [4.78, 5) is 1.95. The van der Waals surface area contributed by atoms with Gasteiger partial charge in [0.1, 0.15) is 0 Å². The Balaban J connectivity index is 3.28. The van der Waals surface area contributed by atoms with Crippen molar-refractivity contribution in [3.8, 4) is 6.07 Å². The van der Waals surface area contributed by atoms with Gasteiger partial charge in [-0.2, -0.15) is 18.4 Å². The second-order valence-corrected chi connectivity index (χ2v) is 4.79. The molecule has 1 aromatic carbocycles. The molecule has 0 heterocycles. The van der Waals surface area contributed by atoms with Gasteiger partial charge in [0.15, 0.2) is 0 Å². The van der Waals surface area contributed by atoms with Crippen LogP contribution >= 0.6 is 0 Å². The van der Waals surface area contributed by atoms with Gasteiger partial charge in [-0.25, -0.2) is 0 Å². The van der Waals surface area contributed by atoms with Crippen molar-refractivity contribution in [2.75, 3.05) is 11.4 Å². The molecule has 0 saturated carbocycles. The highest BCUT2D eigenvalue weighted by atomic mass is 19.4. The van der Waals surface area contributed by atoms with Crippen molar-refractivity contribution in [3.05, 3.63) is 29.3 Å². The number of nitrogens with zero attached hydrogens (tertiary/aromatic N) is 2. The Morgan fingerprint density at radius 1 is 1.30 bits per heavy atom. The van der Waals surface area contributed by atoms with Crippen LogP contribution in [0.1, 0.15) is 44.7 Å². The lowest BCUT2D eigenvalue weighted by Gasteiger charge is -2.31. The second-order valence-electron chi connectivity index (χ2n) is 4.79. The lowest BCUT2D eigenvalue weighted by Crippen LogP contribution is -2.33. The van der Waals surface area contributed by atoms with E-state index in [1.807, 2.05) is 25.7 Å². The predicted octanol–water partition coefficient (Wildman–Crippen LogP) is 4.59. The third kappa shape index (κ3) is 3.66. The van der Waals surface area contributed by atoms with E-state index in [2.05, 4.69) is 0 Å². The Kier molecular flexibility index (Phi) is 5.43. The van der Waals surface area contributed by atoms with Gasteiger partial charge in [-0.3, -0.25) is 0 Å². The second kappa shape index (κ2) is 6.65. The highest BCUT2D eigenvalue weighted by Crippen LogP contribution is 2.35. The van der Waals surface area contributed by atoms with E-state index >= 15 is 0 Å². The molecule has 0 spiro atoms. The summed E-state index contributed by atoms with van der Waals surface area (Å²) in [5, 5.41) is 8.81. The number of halogens is 3. The molecule has 1 atom stereocenters. The van der Waals surface area contributed by atoms with Crippen molar-refractivity contribution >= 4 is 5.69 Å². The standard InChI is InChI=1S/C15H19F3N2/c1-4-8-20(11(3)5-2)13-7-6-12(10-19)14(9-13)15(16,17)18/h6-7,9,11H,4-5,8H2,1-3H3/t11-/m1/s1. The van der Waals surface area contributed by atoms with Crippen molar-refractivity contribution < 1.29 is 13.2 Å². The third-order valence-corrected chi connectivity index (χ3v) is 3.35. The fraction of sp³-hybridized carbons (Fsp3) is 0.533. The molecule has 0 N–H and O–H groups in total. The molecular weight excluding hydrogens is 265 g/mol. The Morgan fingerprint density at radius 2 is 1.95 bits per heavy atom. The van der Waals surface area contributed by atoms with Crippen LogP contribution in [-0.2, 0) is 6.18 Å². The van der Waals surface area contributed by atoms with E-state index in [-0.39, 0.29) is 11.6 Å². The Morgan fingerprint density at radius 3 is 2.40 bits per heavy atom. The maximum Gasteiger partial charge on any atom is 0.417 e. The minimum atomic E-state index is -4.51. The average Bonchev–Trinajstić information content (AvgIpc) is 2.42. The van der Waals surface area contributed by atoms with Gasteiger partial charge in [0.2, 0.25) is 0 Å². The van der Waals surface area contributed by atoms with Gasteiger partial charge in [-0.1, -0.05) is 13.8 Å². The quantitative estimate of drug-likeness (QED) is 0.790. The van der Waals surface area contributed by atoms with E-state index in [1.165, 1.54) is 6.07 Å². The number of hydrogen-bond donors (Lipinski definition) is 0. The molecule has 0 aliphatic rings. The molecule has 1 rings (SSSR count).